The van der Waals surface area contributed by atoms with E-state index in [0.29, 0.717) is 12.5 Å². The van der Waals surface area contributed by atoms with Gasteiger partial charge in [0.25, 0.3) is 0 Å². The number of methoxy groups -OCH3 is 1. The Balaban J connectivity index is 1.93. The standard InChI is InChI=1S/C18H22N2O2/c1-14(2)13-22-18-6-4-5-15(11-18)12-19-20-16-7-9-17(21-3)10-8-16/h4-12,14,20H,13H2,1-3H3/b19-12+. The van der Waals surface area contributed by atoms with Gasteiger partial charge in [-0.25, -0.2) is 0 Å². The van der Waals surface area contributed by atoms with Gasteiger partial charge in [-0.3, -0.25) is 5.43 Å². The van der Waals surface area contributed by atoms with E-state index >= 15 is 0 Å². The van der Waals surface area contributed by atoms with Crippen LogP contribution in [0.3, 0.4) is 0 Å². The molecule has 0 aliphatic carbocycles. The van der Waals surface area contributed by atoms with E-state index in [0.717, 1.165) is 22.7 Å². The molecule has 0 bridgehead atoms. The Bertz CT molecular complexity index is 607. The van der Waals surface area contributed by atoms with Crippen LogP contribution in [0.2, 0.25) is 0 Å². The van der Waals surface area contributed by atoms with Gasteiger partial charge in [0.05, 0.1) is 25.6 Å². The Morgan fingerprint density at radius 1 is 1.09 bits per heavy atom. The molecular formula is C18H22N2O2. The van der Waals surface area contributed by atoms with Crippen molar-refractivity contribution < 1.29 is 9.47 Å². The van der Waals surface area contributed by atoms with Crippen molar-refractivity contribution >= 4 is 11.9 Å². The molecule has 2 rings (SSSR count). The van der Waals surface area contributed by atoms with E-state index in [1.165, 1.54) is 0 Å². The van der Waals surface area contributed by atoms with Crippen LogP contribution >= 0.6 is 0 Å². The summed E-state index contributed by atoms with van der Waals surface area (Å²) < 4.78 is 10.8. The molecule has 2 aromatic carbocycles. The fraction of sp³-hybridized carbons (Fsp3) is 0.278. The summed E-state index contributed by atoms with van der Waals surface area (Å²) in [5.74, 6) is 2.20. The Morgan fingerprint density at radius 2 is 1.86 bits per heavy atom. The maximum atomic E-state index is 5.70. The minimum Gasteiger partial charge on any atom is -0.497 e. The van der Waals surface area contributed by atoms with E-state index in [9.17, 15) is 0 Å². The summed E-state index contributed by atoms with van der Waals surface area (Å²) in [6.45, 7) is 4.97. The van der Waals surface area contributed by atoms with E-state index in [1.54, 1.807) is 13.3 Å². The lowest BCUT2D eigenvalue weighted by molar-refractivity contribution is 0.271. The molecule has 1 N–H and O–H groups in total. The molecule has 2 aromatic rings. The van der Waals surface area contributed by atoms with Crippen LogP contribution in [0.25, 0.3) is 0 Å². The van der Waals surface area contributed by atoms with Crippen molar-refractivity contribution in [2.45, 2.75) is 13.8 Å². The van der Waals surface area contributed by atoms with Gasteiger partial charge in [-0.05, 0) is 47.9 Å². The van der Waals surface area contributed by atoms with Crippen molar-refractivity contribution in [3.63, 3.8) is 0 Å². The number of hydrazone groups is 1. The number of nitrogens with one attached hydrogen (secondary N) is 1. The van der Waals surface area contributed by atoms with Gasteiger partial charge in [-0.2, -0.15) is 5.10 Å². The highest BCUT2D eigenvalue weighted by Crippen LogP contribution is 2.15. The summed E-state index contributed by atoms with van der Waals surface area (Å²) in [6.07, 6.45) is 1.77. The van der Waals surface area contributed by atoms with Crippen LogP contribution in [0.1, 0.15) is 19.4 Å². The number of rotatable bonds is 7. The first-order valence-electron chi connectivity index (χ1n) is 7.33. The molecule has 4 nitrogen and oxygen atoms in total. The molecule has 0 saturated carbocycles. The Kier molecular flexibility index (Phi) is 5.83. The molecule has 0 spiro atoms. The van der Waals surface area contributed by atoms with Crippen LogP contribution in [0.4, 0.5) is 5.69 Å². The SMILES string of the molecule is COc1ccc(N/N=C/c2cccc(OCC(C)C)c2)cc1. The zero-order valence-corrected chi connectivity index (χ0v) is 13.2. The zero-order valence-electron chi connectivity index (χ0n) is 13.2. The summed E-state index contributed by atoms with van der Waals surface area (Å²) in [5.41, 5.74) is 4.88. The third kappa shape index (κ3) is 5.13. The third-order valence-corrected chi connectivity index (χ3v) is 2.94. The molecular weight excluding hydrogens is 276 g/mol. The van der Waals surface area contributed by atoms with Gasteiger partial charge >= 0.3 is 0 Å². The molecule has 0 unspecified atom stereocenters. The molecule has 0 radical (unpaired) electrons. The second-order valence-electron chi connectivity index (χ2n) is 5.38. The van der Waals surface area contributed by atoms with E-state index in [4.69, 9.17) is 9.47 Å². The van der Waals surface area contributed by atoms with Gasteiger partial charge in [0.2, 0.25) is 0 Å². The molecule has 0 aromatic heterocycles. The molecule has 22 heavy (non-hydrogen) atoms. The molecule has 0 aliphatic heterocycles. The molecule has 0 saturated heterocycles. The molecule has 4 heteroatoms. The maximum Gasteiger partial charge on any atom is 0.119 e. The number of anilines is 1. The highest BCUT2D eigenvalue weighted by atomic mass is 16.5. The maximum absolute atomic E-state index is 5.70. The molecule has 0 amide bonds. The largest absolute Gasteiger partial charge is 0.497 e. The highest BCUT2D eigenvalue weighted by molar-refractivity contribution is 5.80. The number of benzene rings is 2. The normalized spacial score (nSPS) is 10.9. The van der Waals surface area contributed by atoms with Gasteiger partial charge in [0.1, 0.15) is 11.5 Å². The summed E-state index contributed by atoms with van der Waals surface area (Å²) in [7, 11) is 1.65. The first-order chi connectivity index (χ1) is 10.7. The van der Waals surface area contributed by atoms with Crippen molar-refractivity contribution in [3.8, 4) is 11.5 Å². The molecule has 0 atom stereocenters. The van der Waals surface area contributed by atoms with Crippen LogP contribution in [0.15, 0.2) is 53.6 Å². The minimum atomic E-state index is 0.508. The van der Waals surface area contributed by atoms with E-state index in [2.05, 4.69) is 24.4 Å². The average molecular weight is 298 g/mol. The monoisotopic (exact) mass is 298 g/mol. The van der Waals surface area contributed by atoms with Crippen molar-refractivity contribution in [2.75, 3.05) is 19.1 Å². The van der Waals surface area contributed by atoms with Crippen LogP contribution < -0.4 is 14.9 Å². The smallest absolute Gasteiger partial charge is 0.119 e. The number of hydrogen-bond acceptors (Lipinski definition) is 4. The van der Waals surface area contributed by atoms with Crippen LogP contribution in [-0.2, 0) is 0 Å². The average Bonchev–Trinajstić information content (AvgIpc) is 2.54. The lowest BCUT2D eigenvalue weighted by Crippen LogP contribution is -2.04. The van der Waals surface area contributed by atoms with E-state index in [1.807, 2.05) is 48.5 Å². The van der Waals surface area contributed by atoms with E-state index in [-0.39, 0.29) is 0 Å². The minimum absolute atomic E-state index is 0.508. The number of nitrogens with zero attached hydrogens (tertiary/aromatic N) is 1. The second-order valence-corrected chi connectivity index (χ2v) is 5.38. The topological polar surface area (TPSA) is 42.8 Å². The van der Waals surface area contributed by atoms with Gasteiger partial charge in [0, 0.05) is 0 Å². The zero-order chi connectivity index (χ0) is 15.8. The number of ether oxygens (including phenoxy) is 2. The predicted molar refractivity (Wildman–Crippen MR) is 91.0 cm³/mol. The lowest BCUT2D eigenvalue weighted by Gasteiger charge is -2.08. The van der Waals surface area contributed by atoms with Crippen LogP contribution in [-0.4, -0.2) is 19.9 Å². The van der Waals surface area contributed by atoms with Gasteiger partial charge < -0.3 is 9.47 Å². The first kappa shape index (κ1) is 15.9. The Labute approximate surface area is 131 Å². The fourth-order valence-electron chi connectivity index (χ4n) is 1.79. The van der Waals surface area contributed by atoms with Gasteiger partial charge in [0.15, 0.2) is 0 Å². The molecule has 0 fully saturated rings. The van der Waals surface area contributed by atoms with Crippen molar-refractivity contribution in [1.29, 1.82) is 0 Å². The van der Waals surface area contributed by atoms with Crippen LogP contribution in [0.5, 0.6) is 11.5 Å². The molecule has 0 heterocycles. The van der Waals surface area contributed by atoms with Crippen molar-refractivity contribution in [1.82, 2.24) is 0 Å². The number of hydrogen-bond donors (Lipinski definition) is 1. The quantitative estimate of drug-likeness (QED) is 0.616. The Hall–Kier alpha value is -2.49. The predicted octanol–water partition coefficient (Wildman–Crippen LogP) is 4.18. The fourth-order valence-corrected chi connectivity index (χ4v) is 1.79. The van der Waals surface area contributed by atoms with E-state index < -0.39 is 0 Å². The van der Waals surface area contributed by atoms with Gasteiger partial charge in [-0.15, -0.1) is 0 Å². The van der Waals surface area contributed by atoms with Crippen molar-refractivity contribution in [2.24, 2.45) is 11.0 Å². The Morgan fingerprint density at radius 3 is 2.55 bits per heavy atom. The molecule has 116 valence electrons. The summed E-state index contributed by atoms with van der Waals surface area (Å²) in [5, 5.41) is 4.23. The lowest BCUT2D eigenvalue weighted by atomic mass is 10.2. The summed E-state index contributed by atoms with van der Waals surface area (Å²) >= 11 is 0. The summed E-state index contributed by atoms with van der Waals surface area (Å²) in [4.78, 5) is 0. The third-order valence-electron chi connectivity index (χ3n) is 2.94. The second kappa shape index (κ2) is 8.08. The van der Waals surface area contributed by atoms with Crippen LogP contribution in [0, 0.1) is 5.92 Å². The molecule has 0 aliphatic rings. The first-order valence-corrected chi connectivity index (χ1v) is 7.33. The van der Waals surface area contributed by atoms with Gasteiger partial charge in [-0.1, -0.05) is 26.0 Å². The highest BCUT2D eigenvalue weighted by Gasteiger charge is 1.98. The summed E-state index contributed by atoms with van der Waals surface area (Å²) in [6, 6.07) is 15.5. The van der Waals surface area contributed by atoms with Crippen molar-refractivity contribution in [3.05, 3.63) is 54.1 Å².